The second kappa shape index (κ2) is 7.76. The van der Waals surface area contributed by atoms with Crippen molar-refractivity contribution >= 4 is 28.8 Å². The second-order valence-corrected chi connectivity index (χ2v) is 7.00. The molecular weight excluding hydrogens is 341 g/mol. The number of aryl methyl sites for hydroxylation is 1. The molecule has 1 aliphatic heterocycles. The van der Waals surface area contributed by atoms with Crippen molar-refractivity contribution in [2.24, 2.45) is 0 Å². The average Bonchev–Trinajstić information content (AvgIpc) is 3.13. The van der Waals surface area contributed by atoms with Gasteiger partial charge in [0.25, 0.3) is 5.91 Å². The third-order valence-electron chi connectivity index (χ3n) is 4.23. The summed E-state index contributed by atoms with van der Waals surface area (Å²) < 4.78 is 13.3. The van der Waals surface area contributed by atoms with Crippen LogP contribution in [0.15, 0.2) is 35.7 Å². The summed E-state index contributed by atoms with van der Waals surface area (Å²) in [6.07, 6.45) is 0. The largest absolute Gasteiger partial charge is 0.335 e. The van der Waals surface area contributed by atoms with Crippen molar-refractivity contribution in [2.45, 2.75) is 6.92 Å². The molecule has 0 unspecified atom stereocenters. The van der Waals surface area contributed by atoms with Crippen LogP contribution in [0.4, 0.5) is 10.1 Å². The number of anilines is 1. The van der Waals surface area contributed by atoms with Crippen molar-refractivity contribution in [3.05, 3.63) is 52.0 Å². The number of hydrogen-bond donors (Lipinski definition) is 1. The molecular formula is C18H20FN3O2S. The zero-order chi connectivity index (χ0) is 17.8. The Morgan fingerprint density at radius 2 is 1.96 bits per heavy atom. The van der Waals surface area contributed by atoms with E-state index in [-0.39, 0.29) is 24.2 Å². The molecule has 25 heavy (non-hydrogen) atoms. The molecule has 0 bridgehead atoms. The van der Waals surface area contributed by atoms with Gasteiger partial charge in [-0.25, -0.2) is 4.39 Å². The van der Waals surface area contributed by atoms with Crippen LogP contribution in [0, 0.1) is 12.7 Å². The van der Waals surface area contributed by atoms with Gasteiger partial charge in [-0.1, -0.05) is 12.1 Å². The lowest BCUT2D eigenvalue weighted by atomic mass is 10.2. The molecule has 1 N–H and O–H groups in total. The zero-order valence-corrected chi connectivity index (χ0v) is 14.8. The minimum atomic E-state index is -0.374. The van der Waals surface area contributed by atoms with Crippen molar-refractivity contribution in [3.8, 4) is 0 Å². The van der Waals surface area contributed by atoms with Crippen LogP contribution in [-0.2, 0) is 4.79 Å². The fourth-order valence-corrected chi connectivity index (χ4v) is 3.48. The Morgan fingerprint density at radius 3 is 2.64 bits per heavy atom. The van der Waals surface area contributed by atoms with Crippen LogP contribution < -0.4 is 5.32 Å². The van der Waals surface area contributed by atoms with Crippen molar-refractivity contribution in [2.75, 3.05) is 38.0 Å². The summed E-state index contributed by atoms with van der Waals surface area (Å²) >= 11 is 1.44. The lowest BCUT2D eigenvalue weighted by Gasteiger charge is -2.34. The minimum Gasteiger partial charge on any atom is -0.335 e. The van der Waals surface area contributed by atoms with Crippen molar-refractivity contribution in [1.82, 2.24) is 9.80 Å². The molecule has 3 rings (SSSR count). The molecule has 0 aliphatic carbocycles. The first-order valence-corrected chi connectivity index (χ1v) is 9.02. The van der Waals surface area contributed by atoms with Crippen LogP contribution in [0.3, 0.4) is 0 Å². The number of halogens is 1. The van der Waals surface area contributed by atoms with E-state index >= 15 is 0 Å². The summed E-state index contributed by atoms with van der Waals surface area (Å²) in [4.78, 5) is 29.1. The molecule has 0 radical (unpaired) electrons. The van der Waals surface area contributed by atoms with Crippen molar-refractivity contribution in [3.63, 3.8) is 0 Å². The number of thiophene rings is 1. The number of carbonyl (C=O) groups excluding carboxylic acids is 2. The van der Waals surface area contributed by atoms with Gasteiger partial charge < -0.3 is 10.2 Å². The van der Waals surface area contributed by atoms with E-state index in [2.05, 4.69) is 5.32 Å². The molecule has 1 aromatic carbocycles. The molecule has 1 fully saturated rings. The predicted octanol–water partition coefficient (Wildman–Crippen LogP) is 2.59. The molecule has 5 nitrogen and oxygen atoms in total. The molecule has 7 heteroatoms. The van der Waals surface area contributed by atoms with Gasteiger partial charge in [0.2, 0.25) is 5.91 Å². The molecule has 132 valence electrons. The van der Waals surface area contributed by atoms with Gasteiger partial charge in [-0.2, -0.15) is 0 Å². The summed E-state index contributed by atoms with van der Waals surface area (Å²) in [6.45, 7) is 4.55. The molecule has 0 atom stereocenters. The molecule has 1 saturated heterocycles. The Morgan fingerprint density at radius 1 is 1.20 bits per heavy atom. The van der Waals surface area contributed by atoms with Gasteiger partial charge in [0, 0.05) is 31.9 Å². The van der Waals surface area contributed by atoms with Gasteiger partial charge in [-0.3, -0.25) is 14.5 Å². The molecule has 2 aromatic rings. The summed E-state index contributed by atoms with van der Waals surface area (Å²) in [5.74, 6) is -0.497. The van der Waals surface area contributed by atoms with Gasteiger partial charge >= 0.3 is 0 Å². The van der Waals surface area contributed by atoms with E-state index in [1.807, 2.05) is 34.2 Å². The average molecular weight is 361 g/mol. The van der Waals surface area contributed by atoms with Crippen LogP contribution in [0.5, 0.6) is 0 Å². The monoisotopic (exact) mass is 361 g/mol. The SMILES string of the molecule is Cc1ccc(F)cc1NC(=O)CN1CCN(C(=O)c2cccs2)CC1. The van der Waals surface area contributed by atoms with E-state index in [1.54, 1.807) is 6.07 Å². The Labute approximate surface area is 150 Å². The van der Waals surface area contributed by atoms with Gasteiger partial charge in [0.1, 0.15) is 5.82 Å². The highest BCUT2D eigenvalue weighted by molar-refractivity contribution is 7.12. The van der Waals surface area contributed by atoms with Crippen molar-refractivity contribution in [1.29, 1.82) is 0 Å². The number of hydrogen-bond acceptors (Lipinski definition) is 4. The van der Waals surface area contributed by atoms with E-state index in [0.29, 0.717) is 31.9 Å². The number of amides is 2. The summed E-state index contributed by atoms with van der Waals surface area (Å²) in [7, 11) is 0. The number of piperazine rings is 1. The van der Waals surface area contributed by atoms with Crippen LogP contribution >= 0.6 is 11.3 Å². The molecule has 2 amide bonds. The maximum absolute atomic E-state index is 13.3. The highest BCUT2D eigenvalue weighted by Crippen LogP contribution is 2.16. The number of nitrogens with one attached hydrogen (secondary N) is 1. The molecule has 1 aliphatic rings. The predicted molar refractivity (Wildman–Crippen MR) is 96.4 cm³/mol. The molecule has 2 heterocycles. The van der Waals surface area contributed by atoms with Crippen LogP contribution in [0.2, 0.25) is 0 Å². The van der Waals surface area contributed by atoms with E-state index in [1.165, 1.54) is 23.5 Å². The normalized spacial score (nSPS) is 15.2. The van der Waals surface area contributed by atoms with Gasteiger partial charge in [-0.15, -0.1) is 11.3 Å². The lowest BCUT2D eigenvalue weighted by Crippen LogP contribution is -2.50. The standard InChI is InChI=1S/C18H20FN3O2S/c1-13-4-5-14(19)11-15(13)20-17(23)12-21-6-8-22(9-7-21)18(24)16-3-2-10-25-16/h2-5,10-11H,6-9,12H2,1H3,(H,20,23). The third-order valence-corrected chi connectivity index (χ3v) is 5.09. The first-order valence-electron chi connectivity index (χ1n) is 8.14. The summed E-state index contributed by atoms with van der Waals surface area (Å²) in [5.41, 5.74) is 1.32. The Balaban J connectivity index is 1.49. The number of nitrogens with zero attached hydrogens (tertiary/aromatic N) is 2. The number of benzene rings is 1. The molecule has 0 spiro atoms. The fourth-order valence-electron chi connectivity index (χ4n) is 2.79. The van der Waals surface area contributed by atoms with Gasteiger partial charge in [0.15, 0.2) is 0 Å². The quantitative estimate of drug-likeness (QED) is 0.911. The summed E-state index contributed by atoms with van der Waals surface area (Å²) in [6, 6.07) is 8.03. The van der Waals surface area contributed by atoms with Crippen LogP contribution in [-0.4, -0.2) is 54.3 Å². The van der Waals surface area contributed by atoms with Crippen LogP contribution in [0.1, 0.15) is 15.2 Å². The zero-order valence-electron chi connectivity index (χ0n) is 14.0. The van der Waals surface area contributed by atoms with Crippen molar-refractivity contribution < 1.29 is 14.0 Å². The topological polar surface area (TPSA) is 52.7 Å². The first-order chi connectivity index (χ1) is 12.0. The third kappa shape index (κ3) is 4.43. The van der Waals surface area contributed by atoms with E-state index in [4.69, 9.17) is 0 Å². The Hall–Kier alpha value is -2.25. The maximum Gasteiger partial charge on any atom is 0.264 e. The van der Waals surface area contributed by atoms with Crippen LogP contribution in [0.25, 0.3) is 0 Å². The van der Waals surface area contributed by atoms with Gasteiger partial charge in [-0.05, 0) is 36.1 Å². The Bertz CT molecular complexity index is 756. The minimum absolute atomic E-state index is 0.0505. The smallest absolute Gasteiger partial charge is 0.264 e. The summed E-state index contributed by atoms with van der Waals surface area (Å²) in [5, 5.41) is 4.65. The highest BCUT2D eigenvalue weighted by atomic mass is 32.1. The first kappa shape index (κ1) is 17.6. The van der Waals surface area contributed by atoms with E-state index < -0.39 is 0 Å². The number of rotatable bonds is 4. The second-order valence-electron chi connectivity index (χ2n) is 6.05. The highest BCUT2D eigenvalue weighted by Gasteiger charge is 2.23. The van der Waals surface area contributed by atoms with E-state index in [9.17, 15) is 14.0 Å². The molecule has 1 aromatic heterocycles. The Kier molecular flexibility index (Phi) is 5.45. The van der Waals surface area contributed by atoms with E-state index in [0.717, 1.165) is 10.4 Å². The molecule has 0 saturated carbocycles. The van der Waals surface area contributed by atoms with Gasteiger partial charge in [0.05, 0.1) is 11.4 Å². The fraction of sp³-hybridized carbons (Fsp3) is 0.333. The maximum atomic E-state index is 13.3. The number of carbonyl (C=O) groups is 2. The lowest BCUT2D eigenvalue weighted by molar-refractivity contribution is -0.117.